The third-order valence-corrected chi connectivity index (χ3v) is 3.20. The number of aldehydes is 1. The molecule has 2 rings (SSSR count). The average Bonchev–Trinajstić information content (AvgIpc) is 2.40. The van der Waals surface area contributed by atoms with Crippen molar-refractivity contribution < 1.29 is 9.53 Å². The molecule has 92 valence electrons. The lowest BCUT2D eigenvalue weighted by atomic mass is 9.98. The number of ether oxygens (including phenoxy) is 1. The summed E-state index contributed by atoms with van der Waals surface area (Å²) >= 11 is 0. The Morgan fingerprint density at radius 2 is 2.24 bits per heavy atom. The van der Waals surface area contributed by atoms with Crippen LogP contribution in [0.3, 0.4) is 0 Å². The maximum absolute atomic E-state index is 10.7. The monoisotopic (exact) mass is 234 g/mol. The molecule has 0 spiro atoms. The van der Waals surface area contributed by atoms with Gasteiger partial charge in [-0.05, 0) is 32.0 Å². The first-order valence-electron chi connectivity index (χ1n) is 5.99. The summed E-state index contributed by atoms with van der Waals surface area (Å²) in [4.78, 5) is 17.4. The topological polar surface area (TPSA) is 42.4 Å². The zero-order valence-electron chi connectivity index (χ0n) is 10.1. The summed E-state index contributed by atoms with van der Waals surface area (Å²) in [7, 11) is 1.63. The highest BCUT2D eigenvalue weighted by Crippen LogP contribution is 2.17. The molecule has 0 aliphatic carbocycles. The van der Waals surface area contributed by atoms with Gasteiger partial charge in [0.05, 0.1) is 12.8 Å². The van der Waals surface area contributed by atoms with Gasteiger partial charge in [-0.1, -0.05) is 6.07 Å². The molecule has 2 heterocycles. The number of hydrogen-bond acceptors (Lipinski definition) is 4. The van der Waals surface area contributed by atoms with E-state index in [4.69, 9.17) is 4.74 Å². The molecule has 0 saturated carbocycles. The summed E-state index contributed by atoms with van der Waals surface area (Å²) in [6.45, 7) is 2.79. The molecule has 0 amide bonds. The summed E-state index contributed by atoms with van der Waals surface area (Å²) in [5.74, 6) is 0.912. The summed E-state index contributed by atoms with van der Waals surface area (Å²) in [6, 6.07) is 5.82. The predicted octanol–water partition coefficient (Wildman–Crippen LogP) is 1.50. The molecule has 1 aliphatic rings. The van der Waals surface area contributed by atoms with Crippen molar-refractivity contribution in [2.45, 2.75) is 19.4 Å². The molecule has 17 heavy (non-hydrogen) atoms. The van der Waals surface area contributed by atoms with Gasteiger partial charge >= 0.3 is 0 Å². The Morgan fingerprint density at radius 1 is 1.47 bits per heavy atom. The number of nitrogens with zero attached hydrogens (tertiary/aromatic N) is 2. The summed E-state index contributed by atoms with van der Waals surface area (Å²) < 4.78 is 5.10. The fraction of sp³-hybridized carbons (Fsp3) is 0.538. The molecule has 1 fully saturated rings. The average molecular weight is 234 g/mol. The molecule has 4 heteroatoms. The highest BCUT2D eigenvalue weighted by atomic mass is 16.5. The second-order valence-corrected chi connectivity index (χ2v) is 4.42. The van der Waals surface area contributed by atoms with Gasteiger partial charge < -0.3 is 9.53 Å². The van der Waals surface area contributed by atoms with Crippen LogP contribution in [-0.4, -0.2) is 36.4 Å². The first-order valence-corrected chi connectivity index (χ1v) is 5.99. The Balaban J connectivity index is 1.90. The first-order chi connectivity index (χ1) is 8.31. The van der Waals surface area contributed by atoms with Gasteiger partial charge in [0.2, 0.25) is 5.88 Å². The Bertz CT molecular complexity index is 373. The maximum atomic E-state index is 10.7. The summed E-state index contributed by atoms with van der Waals surface area (Å²) in [6.07, 6.45) is 3.02. The molecule has 4 nitrogen and oxygen atoms in total. The van der Waals surface area contributed by atoms with E-state index >= 15 is 0 Å². The Morgan fingerprint density at radius 3 is 2.88 bits per heavy atom. The number of piperidine rings is 1. The zero-order chi connectivity index (χ0) is 12.1. The third-order valence-electron chi connectivity index (χ3n) is 3.20. The number of carbonyl (C=O) groups is 1. The minimum Gasteiger partial charge on any atom is -0.481 e. The lowest BCUT2D eigenvalue weighted by molar-refractivity contribution is -0.112. The molecule has 0 unspecified atom stereocenters. The van der Waals surface area contributed by atoms with E-state index in [1.807, 2.05) is 18.2 Å². The standard InChI is InChI=1S/C13H18N2O2/c1-17-13-4-2-3-12(14-13)9-15-7-5-11(10-16)6-8-15/h2-4,10-11H,5-9H2,1H3. The van der Waals surface area contributed by atoms with Crippen molar-refractivity contribution in [1.82, 2.24) is 9.88 Å². The molecule has 1 aromatic heterocycles. The molecule has 0 bridgehead atoms. The molecule has 0 radical (unpaired) electrons. The smallest absolute Gasteiger partial charge is 0.213 e. The third kappa shape index (κ3) is 3.27. The molecule has 0 atom stereocenters. The Labute approximate surface area is 102 Å². The molecule has 1 saturated heterocycles. The van der Waals surface area contributed by atoms with Gasteiger partial charge in [0.1, 0.15) is 6.29 Å². The maximum Gasteiger partial charge on any atom is 0.213 e. The van der Waals surface area contributed by atoms with Crippen LogP contribution >= 0.6 is 0 Å². The van der Waals surface area contributed by atoms with Crippen LogP contribution in [0.2, 0.25) is 0 Å². The van der Waals surface area contributed by atoms with E-state index in [0.717, 1.165) is 44.5 Å². The van der Waals surface area contributed by atoms with Crippen molar-refractivity contribution in [3.63, 3.8) is 0 Å². The Hall–Kier alpha value is -1.42. The minimum absolute atomic E-state index is 0.254. The van der Waals surface area contributed by atoms with Crippen LogP contribution in [0.1, 0.15) is 18.5 Å². The van der Waals surface area contributed by atoms with E-state index in [0.29, 0.717) is 5.88 Å². The molecule has 1 aliphatic heterocycles. The largest absolute Gasteiger partial charge is 0.481 e. The van der Waals surface area contributed by atoms with E-state index in [2.05, 4.69) is 9.88 Å². The fourth-order valence-electron chi connectivity index (χ4n) is 2.14. The SMILES string of the molecule is COc1cccc(CN2CCC(C=O)CC2)n1. The number of likely N-dealkylation sites (tertiary alicyclic amines) is 1. The van der Waals surface area contributed by atoms with Crippen molar-refractivity contribution in [2.75, 3.05) is 20.2 Å². The number of hydrogen-bond donors (Lipinski definition) is 0. The van der Waals surface area contributed by atoms with Crippen molar-refractivity contribution in [3.05, 3.63) is 23.9 Å². The highest BCUT2D eigenvalue weighted by molar-refractivity contribution is 5.53. The van der Waals surface area contributed by atoms with Crippen molar-refractivity contribution >= 4 is 6.29 Å². The van der Waals surface area contributed by atoms with E-state index in [1.54, 1.807) is 7.11 Å². The van der Waals surface area contributed by atoms with Gasteiger partial charge in [-0.3, -0.25) is 4.90 Å². The zero-order valence-corrected chi connectivity index (χ0v) is 10.1. The van der Waals surface area contributed by atoms with Gasteiger partial charge in [-0.2, -0.15) is 0 Å². The highest BCUT2D eigenvalue weighted by Gasteiger charge is 2.18. The second kappa shape index (κ2) is 5.77. The van der Waals surface area contributed by atoms with E-state index in [9.17, 15) is 4.79 Å². The van der Waals surface area contributed by atoms with E-state index in [1.165, 1.54) is 0 Å². The predicted molar refractivity (Wildman–Crippen MR) is 64.9 cm³/mol. The van der Waals surface area contributed by atoms with E-state index < -0.39 is 0 Å². The molecule has 0 aromatic carbocycles. The summed E-state index contributed by atoms with van der Waals surface area (Å²) in [5.41, 5.74) is 1.02. The first kappa shape index (κ1) is 12.0. The summed E-state index contributed by atoms with van der Waals surface area (Å²) in [5, 5.41) is 0. The van der Waals surface area contributed by atoms with Gasteiger partial charge in [-0.15, -0.1) is 0 Å². The minimum atomic E-state index is 0.254. The van der Waals surface area contributed by atoms with Crippen molar-refractivity contribution in [1.29, 1.82) is 0 Å². The molecule has 1 aromatic rings. The van der Waals surface area contributed by atoms with Gasteiger partial charge in [0.15, 0.2) is 0 Å². The number of aromatic nitrogens is 1. The number of rotatable bonds is 4. The van der Waals surface area contributed by atoms with E-state index in [-0.39, 0.29) is 5.92 Å². The van der Waals surface area contributed by atoms with Crippen molar-refractivity contribution in [2.24, 2.45) is 5.92 Å². The lowest BCUT2D eigenvalue weighted by Crippen LogP contribution is -2.33. The normalized spacial score (nSPS) is 17.9. The van der Waals surface area contributed by atoms with Gasteiger partial charge in [0, 0.05) is 18.5 Å². The molecular weight excluding hydrogens is 216 g/mol. The number of methoxy groups -OCH3 is 1. The fourth-order valence-corrected chi connectivity index (χ4v) is 2.14. The second-order valence-electron chi connectivity index (χ2n) is 4.42. The molecule has 0 N–H and O–H groups in total. The number of carbonyl (C=O) groups excluding carboxylic acids is 1. The number of pyridine rings is 1. The van der Waals surface area contributed by atoms with Crippen LogP contribution in [0, 0.1) is 5.92 Å². The van der Waals surface area contributed by atoms with Gasteiger partial charge in [-0.25, -0.2) is 4.98 Å². The quantitative estimate of drug-likeness (QED) is 0.740. The van der Waals surface area contributed by atoms with Crippen LogP contribution in [-0.2, 0) is 11.3 Å². The van der Waals surface area contributed by atoms with Crippen LogP contribution in [0.4, 0.5) is 0 Å². The lowest BCUT2D eigenvalue weighted by Gasteiger charge is -2.29. The Kier molecular flexibility index (Phi) is 4.09. The van der Waals surface area contributed by atoms with Crippen molar-refractivity contribution in [3.8, 4) is 5.88 Å². The van der Waals surface area contributed by atoms with Crippen LogP contribution in [0.5, 0.6) is 5.88 Å². The molecular formula is C13H18N2O2. The van der Waals surface area contributed by atoms with Crippen LogP contribution in [0.25, 0.3) is 0 Å². The van der Waals surface area contributed by atoms with Gasteiger partial charge in [0.25, 0.3) is 0 Å². The van der Waals surface area contributed by atoms with Crippen LogP contribution in [0.15, 0.2) is 18.2 Å². The van der Waals surface area contributed by atoms with Crippen LogP contribution < -0.4 is 4.74 Å².